The van der Waals surface area contributed by atoms with Crippen molar-refractivity contribution >= 4 is 16.6 Å². The topological polar surface area (TPSA) is 38.7 Å². The van der Waals surface area contributed by atoms with Crippen molar-refractivity contribution in [2.45, 2.75) is 110 Å². The number of aliphatic hydroxyl groups is 1. The van der Waals surface area contributed by atoms with Crippen LogP contribution in [-0.2, 0) is 8.85 Å². The van der Waals surface area contributed by atoms with E-state index >= 15 is 0 Å². The Hall–Kier alpha value is 0.0538. The van der Waals surface area contributed by atoms with Gasteiger partial charge in [0.2, 0.25) is 16.6 Å². The highest BCUT2D eigenvalue weighted by atomic mass is 28.4. The molecule has 0 bridgehead atoms. The normalized spacial score (nSPS) is 21.0. The van der Waals surface area contributed by atoms with Crippen LogP contribution in [0.3, 0.4) is 0 Å². The number of hydrogen-bond acceptors (Lipinski definition) is 3. The summed E-state index contributed by atoms with van der Waals surface area (Å²) < 4.78 is 13.2. The summed E-state index contributed by atoms with van der Waals surface area (Å²) in [6.07, 6.45) is 1.80. The van der Waals surface area contributed by atoms with Crippen LogP contribution in [0.4, 0.5) is 0 Å². The van der Waals surface area contributed by atoms with Crippen LogP contribution in [0.2, 0.25) is 24.7 Å². The highest BCUT2D eigenvalue weighted by molar-refractivity contribution is 6.81. The summed E-state index contributed by atoms with van der Waals surface area (Å²) in [5.74, 6) is 0. The molecule has 0 saturated carbocycles. The van der Waals surface area contributed by atoms with Gasteiger partial charge >= 0.3 is 0 Å². The van der Waals surface area contributed by atoms with Gasteiger partial charge in [-0.15, -0.1) is 6.58 Å². The van der Waals surface area contributed by atoms with Crippen molar-refractivity contribution in [1.82, 2.24) is 0 Å². The fourth-order valence-electron chi connectivity index (χ4n) is 3.55. The molecule has 1 N–H and O–H groups in total. The van der Waals surface area contributed by atoms with Crippen molar-refractivity contribution in [2.75, 3.05) is 0 Å². The third-order valence-electron chi connectivity index (χ3n) is 6.50. The van der Waals surface area contributed by atoms with Gasteiger partial charge in [-0.3, -0.25) is 0 Å². The predicted octanol–water partition coefficient (Wildman–Crippen LogP) is 5.58. The zero-order valence-corrected chi connectivity index (χ0v) is 20.0. The maximum absolute atomic E-state index is 10.9. The van der Waals surface area contributed by atoms with Crippen molar-refractivity contribution in [2.24, 2.45) is 0 Å². The molecule has 0 aliphatic carbocycles. The van der Waals surface area contributed by atoms with E-state index in [-0.39, 0.29) is 11.1 Å². The second-order valence-corrected chi connectivity index (χ2v) is 17.2. The Morgan fingerprint density at radius 3 is 1.79 bits per heavy atom. The highest BCUT2D eigenvalue weighted by Crippen LogP contribution is 2.54. The van der Waals surface area contributed by atoms with Gasteiger partial charge in [0.1, 0.15) is 0 Å². The van der Waals surface area contributed by atoms with Crippen molar-refractivity contribution < 1.29 is 14.0 Å². The summed E-state index contributed by atoms with van der Waals surface area (Å²) in [5, 5.41) is 9.94. The smallest absolute Gasteiger partial charge is 0.222 e. The molecule has 24 heavy (non-hydrogen) atoms. The summed E-state index contributed by atoms with van der Waals surface area (Å²) in [4.78, 5) is 0. The molecule has 0 aromatic heterocycles. The van der Waals surface area contributed by atoms with Gasteiger partial charge < -0.3 is 14.0 Å². The summed E-state index contributed by atoms with van der Waals surface area (Å²) in [5.41, 5.74) is 1.63. The Labute approximate surface area is 153 Å². The summed E-state index contributed by atoms with van der Waals surface area (Å²) >= 11 is 0. The molecule has 0 aromatic carbocycles. The first kappa shape index (κ1) is 24.1. The van der Waals surface area contributed by atoms with E-state index in [9.17, 15) is 5.11 Å². The van der Waals surface area contributed by atoms with Gasteiger partial charge in [0.05, 0.1) is 10.8 Å². The van der Waals surface area contributed by atoms with E-state index in [1.165, 1.54) is 0 Å². The van der Waals surface area contributed by atoms with Gasteiger partial charge in [-0.2, -0.15) is 0 Å². The molecule has 3 nitrogen and oxygen atoms in total. The molecule has 3 atom stereocenters. The number of hydrogen-bond donors (Lipinski definition) is 1. The minimum Gasteiger partial charge on any atom is -0.410 e. The van der Waals surface area contributed by atoms with Crippen molar-refractivity contribution in [3.8, 4) is 0 Å². The van der Waals surface area contributed by atoms with Gasteiger partial charge in [-0.25, -0.2) is 0 Å². The van der Waals surface area contributed by atoms with Crippen LogP contribution in [0.25, 0.3) is 0 Å². The predicted molar refractivity (Wildman–Crippen MR) is 110 cm³/mol. The van der Waals surface area contributed by atoms with Crippen LogP contribution in [0, 0.1) is 0 Å². The third kappa shape index (κ3) is 4.42. The van der Waals surface area contributed by atoms with Gasteiger partial charge in [-0.1, -0.05) is 26.5 Å². The van der Waals surface area contributed by atoms with Crippen LogP contribution in [0.15, 0.2) is 12.3 Å². The number of rotatable bonds is 10. The average Bonchev–Trinajstić information content (AvgIpc) is 2.43. The molecule has 0 heterocycles. The second kappa shape index (κ2) is 7.74. The van der Waals surface area contributed by atoms with Gasteiger partial charge in [0.15, 0.2) is 0 Å². The highest BCUT2D eigenvalue weighted by Gasteiger charge is 2.58. The second-order valence-electron chi connectivity index (χ2n) is 8.91. The minimum absolute atomic E-state index is 0.153. The maximum Gasteiger partial charge on any atom is 0.222 e. The van der Waals surface area contributed by atoms with Gasteiger partial charge in [0, 0.05) is 11.1 Å². The molecular formula is C19H42O3Si2. The zero-order valence-electron chi connectivity index (χ0n) is 18.0. The Morgan fingerprint density at radius 1 is 1.04 bits per heavy atom. The van der Waals surface area contributed by atoms with E-state index in [4.69, 9.17) is 8.85 Å². The third-order valence-corrected chi connectivity index (χ3v) is 15.4. The average molecular weight is 375 g/mol. The largest absolute Gasteiger partial charge is 0.410 e. The van der Waals surface area contributed by atoms with E-state index in [0.29, 0.717) is 6.42 Å². The van der Waals surface area contributed by atoms with Crippen LogP contribution < -0.4 is 0 Å². The Balaban J connectivity index is 5.96. The fraction of sp³-hybridized carbons (Fsp3) is 0.895. The SMILES string of the molecule is C=C[Si](C)(OC(C)C)C(C)(CC)C(C)(C)O[Si](C)(C)C(C)(O)CC. The molecule has 5 heteroatoms. The van der Waals surface area contributed by atoms with E-state index in [0.717, 1.165) is 6.42 Å². The standard InChI is InChI=1S/C19H42O3Si2/c1-13-18(8,24(12,15-3)21-16(4)5)17(6,7)22-23(10,11)19(9,20)14-2/h15-16,20H,3,13-14H2,1-2,4-12H3. The van der Waals surface area contributed by atoms with Gasteiger partial charge in [0.25, 0.3) is 0 Å². The van der Waals surface area contributed by atoms with E-state index in [1.54, 1.807) is 0 Å². The molecule has 0 spiro atoms. The Bertz CT molecular complexity index is 432. The van der Waals surface area contributed by atoms with Crippen molar-refractivity contribution in [3.05, 3.63) is 12.3 Å². The lowest BCUT2D eigenvalue weighted by Crippen LogP contribution is -2.64. The lowest BCUT2D eigenvalue weighted by atomic mass is 9.89. The first-order chi connectivity index (χ1) is 10.6. The lowest BCUT2D eigenvalue weighted by molar-refractivity contribution is 0.00442. The first-order valence-electron chi connectivity index (χ1n) is 9.29. The molecule has 0 saturated heterocycles. The molecule has 0 amide bonds. The first-order valence-corrected chi connectivity index (χ1v) is 14.7. The van der Waals surface area contributed by atoms with Crippen molar-refractivity contribution in [3.63, 3.8) is 0 Å². The molecule has 3 unspecified atom stereocenters. The molecule has 0 aromatic rings. The van der Waals surface area contributed by atoms with E-state index in [1.807, 2.05) is 19.5 Å². The van der Waals surface area contributed by atoms with Crippen molar-refractivity contribution in [1.29, 1.82) is 0 Å². The molecule has 0 aliphatic rings. The molecule has 0 fully saturated rings. The summed E-state index contributed by atoms with van der Waals surface area (Å²) in [6.45, 7) is 27.5. The van der Waals surface area contributed by atoms with Crippen LogP contribution in [0.1, 0.15) is 68.2 Å². The summed E-state index contributed by atoms with van der Waals surface area (Å²) in [7, 11) is -4.60. The summed E-state index contributed by atoms with van der Waals surface area (Å²) in [6, 6.07) is 0. The quantitative estimate of drug-likeness (QED) is 0.507. The lowest BCUT2D eigenvalue weighted by Gasteiger charge is -2.56. The molecular weight excluding hydrogens is 332 g/mol. The maximum atomic E-state index is 10.9. The molecule has 0 radical (unpaired) electrons. The Morgan fingerprint density at radius 2 is 1.50 bits per heavy atom. The molecule has 0 rings (SSSR count). The zero-order chi connectivity index (χ0) is 19.6. The van der Waals surface area contributed by atoms with Gasteiger partial charge in [-0.05, 0) is 67.1 Å². The molecule has 144 valence electrons. The Kier molecular flexibility index (Phi) is 7.76. The molecule has 0 aliphatic heterocycles. The van der Waals surface area contributed by atoms with E-state index < -0.39 is 27.5 Å². The van der Waals surface area contributed by atoms with E-state index in [2.05, 4.69) is 67.8 Å². The van der Waals surface area contributed by atoms with Crippen LogP contribution >= 0.6 is 0 Å². The van der Waals surface area contributed by atoms with Crippen LogP contribution in [0.5, 0.6) is 0 Å². The monoisotopic (exact) mass is 374 g/mol. The fourth-order valence-corrected chi connectivity index (χ4v) is 9.96. The van der Waals surface area contributed by atoms with Crippen LogP contribution in [-0.4, -0.2) is 38.7 Å². The minimum atomic E-state index is -2.34.